The summed E-state index contributed by atoms with van der Waals surface area (Å²) in [7, 11) is 0. The lowest BCUT2D eigenvalue weighted by atomic mass is 10.1. The van der Waals surface area contributed by atoms with Crippen molar-refractivity contribution in [2.45, 2.75) is 38.8 Å². The molecule has 3 nitrogen and oxygen atoms in total. The lowest BCUT2D eigenvalue weighted by Gasteiger charge is -2.13. The number of benzene rings is 1. The summed E-state index contributed by atoms with van der Waals surface area (Å²) in [6.07, 6.45) is 3.18. The maximum atomic E-state index is 11.6. The van der Waals surface area contributed by atoms with Gasteiger partial charge in [-0.05, 0) is 12.0 Å². The number of hydrogen-bond acceptors (Lipinski definition) is 2. The van der Waals surface area contributed by atoms with Gasteiger partial charge in [0, 0.05) is 0 Å². The number of nitrogens with one attached hydrogen (secondary N) is 1. The Bertz CT molecular complexity index is 311. The summed E-state index contributed by atoms with van der Waals surface area (Å²) in [6, 6.07) is 9.68. The Balaban J connectivity index is 2.31. The van der Waals surface area contributed by atoms with E-state index < -0.39 is 0 Å². The molecule has 0 aromatic heterocycles. The molecule has 16 heavy (non-hydrogen) atoms. The Labute approximate surface area is 97.0 Å². The van der Waals surface area contributed by atoms with Crippen LogP contribution in [-0.2, 0) is 11.2 Å². The number of carbonyl (C=O) groups excluding carboxylic acids is 1. The molecule has 88 valence electrons. The minimum absolute atomic E-state index is 0.00481. The lowest BCUT2D eigenvalue weighted by molar-refractivity contribution is -0.121. The summed E-state index contributed by atoms with van der Waals surface area (Å²) < 4.78 is 0. The monoisotopic (exact) mass is 220 g/mol. The summed E-state index contributed by atoms with van der Waals surface area (Å²) in [4.78, 5) is 11.6. The van der Waals surface area contributed by atoms with Gasteiger partial charge >= 0.3 is 0 Å². The summed E-state index contributed by atoms with van der Waals surface area (Å²) in [5.74, 6) is -0.00481. The number of unbranched alkanes of at least 4 members (excludes halogenated alkanes) is 1. The van der Waals surface area contributed by atoms with E-state index in [2.05, 4.69) is 12.2 Å². The standard InChI is InChI=1S/C13H20N2O/c1-2-3-9-12(14)15-13(16)10-11-7-5-4-6-8-11/h4-8,12H,2-3,9-10,14H2,1H3,(H,15,16). The van der Waals surface area contributed by atoms with Crippen LogP contribution >= 0.6 is 0 Å². The Morgan fingerprint density at radius 3 is 2.69 bits per heavy atom. The van der Waals surface area contributed by atoms with Crippen molar-refractivity contribution in [3.05, 3.63) is 35.9 Å². The smallest absolute Gasteiger partial charge is 0.225 e. The molecule has 0 aliphatic heterocycles. The van der Waals surface area contributed by atoms with E-state index in [0.29, 0.717) is 6.42 Å². The van der Waals surface area contributed by atoms with Crippen LogP contribution in [0.25, 0.3) is 0 Å². The van der Waals surface area contributed by atoms with Crippen LogP contribution in [0.2, 0.25) is 0 Å². The maximum Gasteiger partial charge on any atom is 0.225 e. The fourth-order valence-corrected chi connectivity index (χ4v) is 1.54. The highest BCUT2D eigenvalue weighted by atomic mass is 16.1. The number of amides is 1. The van der Waals surface area contributed by atoms with Gasteiger partial charge < -0.3 is 11.1 Å². The van der Waals surface area contributed by atoms with Gasteiger partial charge in [0.05, 0.1) is 12.6 Å². The second-order valence-corrected chi connectivity index (χ2v) is 3.98. The van der Waals surface area contributed by atoms with E-state index in [0.717, 1.165) is 24.8 Å². The molecule has 0 spiro atoms. The van der Waals surface area contributed by atoms with E-state index in [9.17, 15) is 4.79 Å². The predicted octanol–water partition coefficient (Wildman–Crippen LogP) is 1.82. The van der Waals surface area contributed by atoms with Crippen LogP contribution in [0.5, 0.6) is 0 Å². The first-order valence-electron chi connectivity index (χ1n) is 5.81. The predicted molar refractivity (Wildman–Crippen MR) is 65.8 cm³/mol. The van der Waals surface area contributed by atoms with Gasteiger partial charge in [-0.2, -0.15) is 0 Å². The number of hydrogen-bond donors (Lipinski definition) is 2. The second-order valence-electron chi connectivity index (χ2n) is 3.98. The van der Waals surface area contributed by atoms with E-state index in [1.807, 2.05) is 30.3 Å². The van der Waals surface area contributed by atoms with E-state index >= 15 is 0 Å². The van der Waals surface area contributed by atoms with Crippen LogP contribution in [0, 0.1) is 0 Å². The molecule has 3 N–H and O–H groups in total. The summed E-state index contributed by atoms with van der Waals surface area (Å²) >= 11 is 0. The van der Waals surface area contributed by atoms with E-state index in [1.54, 1.807) is 0 Å². The molecule has 1 unspecified atom stereocenters. The van der Waals surface area contributed by atoms with Crippen molar-refractivity contribution in [3.8, 4) is 0 Å². The van der Waals surface area contributed by atoms with E-state index in [4.69, 9.17) is 5.73 Å². The Morgan fingerprint density at radius 1 is 1.38 bits per heavy atom. The molecule has 0 saturated carbocycles. The molecule has 0 fully saturated rings. The fourth-order valence-electron chi connectivity index (χ4n) is 1.54. The summed E-state index contributed by atoms with van der Waals surface area (Å²) in [6.45, 7) is 2.11. The van der Waals surface area contributed by atoms with Gasteiger partial charge in [-0.15, -0.1) is 0 Å². The molecule has 1 atom stereocenters. The zero-order valence-corrected chi connectivity index (χ0v) is 9.78. The molecule has 0 saturated heterocycles. The van der Waals surface area contributed by atoms with Gasteiger partial charge in [-0.3, -0.25) is 4.79 Å². The lowest BCUT2D eigenvalue weighted by Crippen LogP contribution is -2.42. The number of rotatable bonds is 6. The van der Waals surface area contributed by atoms with Crippen LogP contribution in [0.15, 0.2) is 30.3 Å². The fraction of sp³-hybridized carbons (Fsp3) is 0.462. The average Bonchev–Trinajstić information content (AvgIpc) is 2.27. The van der Waals surface area contributed by atoms with Crippen LogP contribution in [-0.4, -0.2) is 12.1 Å². The third-order valence-corrected chi connectivity index (χ3v) is 2.42. The van der Waals surface area contributed by atoms with Crippen molar-refractivity contribution < 1.29 is 4.79 Å². The first-order chi connectivity index (χ1) is 7.72. The van der Waals surface area contributed by atoms with Crippen LogP contribution < -0.4 is 11.1 Å². The molecule has 1 amide bonds. The highest BCUT2D eigenvalue weighted by molar-refractivity contribution is 5.78. The topological polar surface area (TPSA) is 55.1 Å². The first-order valence-corrected chi connectivity index (χ1v) is 5.81. The van der Waals surface area contributed by atoms with Crippen LogP contribution in [0.4, 0.5) is 0 Å². The van der Waals surface area contributed by atoms with Gasteiger partial charge in [-0.1, -0.05) is 50.1 Å². The molecule has 0 heterocycles. The number of nitrogens with two attached hydrogens (primary N) is 1. The van der Waals surface area contributed by atoms with E-state index in [-0.39, 0.29) is 12.1 Å². The second kappa shape index (κ2) is 7.01. The van der Waals surface area contributed by atoms with Crippen molar-refractivity contribution in [2.75, 3.05) is 0 Å². The average molecular weight is 220 g/mol. The first kappa shape index (κ1) is 12.7. The van der Waals surface area contributed by atoms with Gasteiger partial charge in [0.25, 0.3) is 0 Å². The Hall–Kier alpha value is -1.35. The van der Waals surface area contributed by atoms with Gasteiger partial charge in [0.15, 0.2) is 0 Å². The zero-order chi connectivity index (χ0) is 11.8. The molecular weight excluding hydrogens is 200 g/mol. The number of carbonyl (C=O) groups is 1. The largest absolute Gasteiger partial charge is 0.341 e. The van der Waals surface area contributed by atoms with Crippen molar-refractivity contribution in [1.82, 2.24) is 5.32 Å². The molecule has 0 aliphatic carbocycles. The molecule has 3 heteroatoms. The highest BCUT2D eigenvalue weighted by Gasteiger charge is 2.07. The van der Waals surface area contributed by atoms with Gasteiger partial charge in [0.1, 0.15) is 0 Å². The van der Waals surface area contributed by atoms with Gasteiger partial charge in [-0.25, -0.2) is 0 Å². The maximum absolute atomic E-state index is 11.6. The molecule has 1 aromatic carbocycles. The highest BCUT2D eigenvalue weighted by Crippen LogP contribution is 2.00. The third kappa shape index (κ3) is 4.94. The molecule has 1 aromatic rings. The minimum Gasteiger partial charge on any atom is -0.341 e. The van der Waals surface area contributed by atoms with Crippen molar-refractivity contribution in [3.63, 3.8) is 0 Å². The molecular formula is C13H20N2O. The molecule has 0 radical (unpaired) electrons. The van der Waals surface area contributed by atoms with Crippen molar-refractivity contribution in [1.29, 1.82) is 0 Å². The Morgan fingerprint density at radius 2 is 2.06 bits per heavy atom. The Kier molecular flexibility index (Phi) is 5.57. The van der Waals surface area contributed by atoms with Crippen molar-refractivity contribution >= 4 is 5.91 Å². The summed E-state index contributed by atoms with van der Waals surface area (Å²) in [5.41, 5.74) is 6.80. The molecule has 0 aliphatic rings. The third-order valence-electron chi connectivity index (χ3n) is 2.42. The van der Waals surface area contributed by atoms with E-state index in [1.165, 1.54) is 0 Å². The molecule has 0 bridgehead atoms. The van der Waals surface area contributed by atoms with Crippen LogP contribution in [0.1, 0.15) is 31.7 Å². The SMILES string of the molecule is CCCCC(N)NC(=O)Cc1ccccc1. The molecule has 1 rings (SSSR count). The minimum atomic E-state index is -0.212. The zero-order valence-electron chi connectivity index (χ0n) is 9.78. The van der Waals surface area contributed by atoms with Gasteiger partial charge in [0.2, 0.25) is 5.91 Å². The summed E-state index contributed by atoms with van der Waals surface area (Å²) in [5, 5.41) is 2.80. The quantitative estimate of drug-likeness (QED) is 0.718. The normalized spacial score (nSPS) is 12.1. The van der Waals surface area contributed by atoms with Crippen LogP contribution in [0.3, 0.4) is 0 Å². The van der Waals surface area contributed by atoms with Crippen molar-refractivity contribution in [2.24, 2.45) is 5.73 Å².